The van der Waals surface area contributed by atoms with E-state index in [0.29, 0.717) is 0 Å². The molecule has 5 nitrogen and oxygen atoms in total. The molecule has 0 atom stereocenters. The zero-order valence-corrected chi connectivity index (χ0v) is 12.9. The number of rotatable bonds is 2. The Hall–Kier alpha value is -1.69. The molecule has 0 radical (unpaired) electrons. The molecule has 1 fully saturated rings. The van der Waals surface area contributed by atoms with Crippen LogP contribution in [0.15, 0.2) is 28.7 Å². The molecule has 6 heteroatoms. The molecule has 0 aromatic heterocycles. The van der Waals surface area contributed by atoms with Crippen LogP contribution in [0.2, 0.25) is 0 Å². The van der Waals surface area contributed by atoms with Crippen LogP contribution in [0, 0.1) is 0 Å². The molecule has 2 rings (SSSR count). The van der Waals surface area contributed by atoms with E-state index in [-0.39, 0.29) is 18.9 Å². The zero-order valence-electron chi connectivity index (χ0n) is 11.3. The van der Waals surface area contributed by atoms with Crippen LogP contribution in [0.3, 0.4) is 0 Å². The summed E-state index contributed by atoms with van der Waals surface area (Å²) in [6, 6.07) is 7.39. The first kappa shape index (κ1) is 14.7. The van der Waals surface area contributed by atoms with Crippen molar-refractivity contribution >= 4 is 33.7 Å². The summed E-state index contributed by atoms with van der Waals surface area (Å²) in [7, 11) is 0. The summed E-state index contributed by atoms with van der Waals surface area (Å²) in [5.41, 5.74) is -0.185. The summed E-state index contributed by atoms with van der Waals surface area (Å²) in [4.78, 5) is 37.0. The maximum Gasteiger partial charge on any atom is 0.252 e. The number of hydrogen-bond acceptors (Lipinski definition) is 3. The van der Waals surface area contributed by atoms with E-state index in [0.717, 1.165) is 10.0 Å². The lowest BCUT2D eigenvalue weighted by molar-refractivity contribution is -0.155. The van der Waals surface area contributed by atoms with Crippen LogP contribution in [-0.4, -0.2) is 34.7 Å². The van der Waals surface area contributed by atoms with Crippen LogP contribution in [0.5, 0.6) is 0 Å². The highest BCUT2D eigenvalue weighted by atomic mass is 79.9. The maximum atomic E-state index is 12.4. The number of benzene rings is 1. The van der Waals surface area contributed by atoms with Crippen molar-refractivity contribution < 1.29 is 14.4 Å². The maximum absolute atomic E-state index is 12.4. The highest BCUT2D eigenvalue weighted by Crippen LogP contribution is 2.20. The Morgan fingerprint density at radius 2 is 2.10 bits per heavy atom. The zero-order chi connectivity index (χ0) is 14.9. The molecule has 1 N–H and O–H groups in total. The molecule has 1 aliphatic heterocycles. The largest absolute Gasteiger partial charge is 0.319 e. The van der Waals surface area contributed by atoms with Gasteiger partial charge in [-0.3, -0.25) is 19.7 Å². The van der Waals surface area contributed by atoms with Gasteiger partial charge < -0.3 is 4.90 Å². The van der Waals surface area contributed by atoms with Gasteiger partial charge in [0.25, 0.3) is 5.91 Å². The average Bonchev–Trinajstić information content (AvgIpc) is 2.34. The second kappa shape index (κ2) is 5.36. The normalized spacial score (nSPS) is 17.9. The highest BCUT2D eigenvalue weighted by Gasteiger charge is 2.43. The van der Waals surface area contributed by atoms with Crippen molar-refractivity contribution in [3.63, 3.8) is 0 Å². The van der Waals surface area contributed by atoms with Crippen LogP contribution in [0.1, 0.15) is 19.4 Å². The molecule has 1 saturated heterocycles. The van der Waals surface area contributed by atoms with Crippen LogP contribution >= 0.6 is 15.9 Å². The summed E-state index contributed by atoms with van der Waals surface area (Å²) in [6.07, 6.45) is 0.156. The number of carbonyl (C=O) groups excluding carboxylic acids is 3. The van der Waals surface area contributed by atoms with Gasteiger partial charge in [0.15, 0.2) is 0 Å². The lowest BCUT2D eigenvalue weighted by Gasteiger charge is -2.40. The van der Waals surface area contributed by atoms with Gasteiger partial charge in [-0.2, -0.15) is 0 Å². The molecule has 0 spiro atoms. The monoisotopic (exact) mass is 338 g/mol. The lowest BCUT2D eigenvalue weighted by atomic mass is 9.97. The quantitative estimate of drug-likeness (QED) is 0.825. The van der Waals surface area contributed by atoms with E-state index in [1.165, 1.54) is 4.90 Å². The molecule has 106 valence electrons. The number of hydrogen-bond donors (Lipinski definition) is 1. The standard InChI is InChI=1S/C14H15BrN2O3/c1-14(2)13(20)16-11(18)8-17(14)12(19)7-9-4-3-5-10(15)6-9/h3-6H,7-8H2,1-2H3,(H,16,18,20). The van der Waals surface area contributed by atoms with Gasteiger partial charge in [0.2, 0.25) is 11.8 Å². The number of piperazine rings is 1. The van der Waals surface area contributed by atoms with Gasteiger partial charge in [-0.1, -0.05) is 28.1 Å². The van der Waals surface area contributed by atoms with Gasteiger partial charge in [-0.05, 0) is 31.5 Å². The number of nitrogens with zero attached hydrogens (tertiary/aromatic N) is 1. The minimum Gasteiger partial charge on any atom is -0.319 e. The fourth-order valence-electron chi connectivity index (χ4n) is 2.10. The van der Waals surface area contributed by atoms with Crippen molar-refractivity contribution in [3.8, 4) is 0 Å². The molecule has 0 saturated carbocycles. The van der Waals surface area contributed by atoms with Crippen molar-refractivity contribution in [2.75, 3.05) is 6.54 Å². The smallest absolute Gasteiger partial charge is 0.252 e. The van der Waals surface area contributed by atoms with Crippen LogP contribution in [-0.2, 0) is 20.8 Å². The van der Waals surface area contributed by atoms with Gasteiger partial charge in [-0.15, -0.1) is 0 Å². The van der Waals surface area contributed by atoms with Crippen molar-refractivity contribution in [1.29, 1.82) is 0 Å². The fraction of sp³-hybridized carbons (Fsp3) is 0.357. The third kappa shape index (κ3) is 2.90. The SMILES string of the molecule is CC1(C)C(=O)NC(=O)CN1C(=O)Cc1cccc(Br)c1. The van der Waals surface area contributed by atoms with Crippen molar-refractivity contribution in [2.45, 2.75) is 25.8 Å². The molecule has 0 bridgehead atoms. The van der Waals surface area contributed by atoms with E-state index in [9.17, 15) is 14.4 Å². The molecule has 20 heavy (non-hydrogen) atoms. The Balaban J connectivity index is 2.19. The predicted octanol–water partition coefficient (Wildman–Crippen LogP) is 1.26. The van der Waals surface area contributed by atoms with Crippen molar-refractivity contribution in [3.05, 3.63) is 34.3 Å². The van der Waals surface area contributed by atoms with Crippen molar-refractivity contribution in [1.82, 2.24) is 10.2 Å². The summed E-state index contributed by atoms with van der Waals surface area (Å²) in [5, 5.41) is 2.25. The number of carbonyl (C=O) groups is 3. The topological polar surface area (TPSA) is 66.5 Å². The first-order valence-electron chi connectivity index (χ1n) is 6.20. The lowest BCUT2D eigenvalue weighted by Crippen LogP contribution is -2.65. The minimum atomic E-state index is -1.02. The Morgan fingerprint density at radius 3 is 2.75 bits per heavy atom. The second-order valence-corrected chi connectivity index (χ2v) is 6.14. The molecule has 1 aromatic rings. The van der Waals surface area contributed by atoms with Gasteiger partial charge in [0.1, 0.15) is 12.1 Å². The summed E-state index contributed by atoms with van der Waals surface area (Å²) >= 11 is 3.35. The Kier molecular flexibility index (Phi) is 3.94. The molecular weight excluding hydrogens is 324 g/mol. The summed E-state index contributed by atoms with van der Waals surface area (Å²) in [5.74, 6) is -1.13. The van der Waals surface area contributed by atoms with E-state index in [1.54, 1.807) is 13.8 Å². The Bertz CT molecular complexity index is 584. The molecule has 0 aliphatic carbocycles. The molecule has 3 amide bonds. The van der Waals surface area contributed by atoms with E-state index in [2.05, 4.69) is 21.2 Å². The number of halogens is 1. The first-order chi connectivity index (χ1) is 9.30. The van der Waals surface area contributed by atoms with Crippen LogP contribution in [0.4, 0.5) is 0 Å². The average molecular weight is 339 g/mol. The molecule has 1 heterocycles. The van der Waals surface area contributed by atoms with Gasteiger partial charge in [0.05, 0.1) is 6.42 Å². The van der Waals surface area contributed by atoms with Gasteiger partial charge in [0, 0.05) is 4.47 Å². The highest BCUT2D eigenvalue weighted by molar-refractivity contribution is 9.10. The molecule has 1 aliphatic rings. The molecule has 0 unspecified atom stereocenters. The Labute approximate surface area is 125 Å². The van der Waals surface area contributed by atoms with E-state index in [1.807, 2.05) is 24.3 Å². The summed E-state index contributed by atoms with van der Waals surface area (Å²) < 4.78 is 0.884. The van der Waals surface area contributed by atoms with Crippen molar-refractivity contribution in [2.24, 2.45) is 0 Å². The number of imide groups is 1. The number of nitrogens with one attached hydrogen (secondary N) is 1. The summed E-state index contributed by atoms with van der Waals surface area (Å²) in [6.45, 7) is 3.17. The third-order valence-electron chi connectivity index (χ3n) is 3.33. The van der Waals surface area contributed by atoms with Gasteiger partial charge >= 0.3 is 0 Å². The molecule has 1 aromatic carbocycles. The van der Waals surface area contributed by atoms with E-state index >= 15 is 0 Å². The minimum absolute atomic E-state index is 0.0917. The predicted molar refractivity (Wildman–Crippen MR) is 76.8 cm³/mol. The Morgan fingerprint density at radius 1 is 1.40 bits per heavy atom. The van der Waals surface area contributed by atoms with Crippen LogP contribution in [0.25, 0.3) is 0 Å². The van der Waals surface area contributed by atoms with Crippen LogP contribution < -0.4 is 5.32 Å². The first-order valence-corrected chi connectivity index (χ1v) is 6.99. The van der Waals surface area contributed by atoms with E-state index < -0.39 is 17.4 Å². The van der Waals surface area contributed by atoms with E-state index in [4.69, 9.17) is 0 Å². The number of amides is 3. The molecular formula is C14H15BrN2O3. The third-order valence-corrected chi connectivity index (χ3v) is 3.82. The van der Waals surface area contributed by atoms with Gasteiger partial charge in [-0.25, -0.2) is 0 Å². The second-order valence-electron chi connectivity index (χ2n) is 5.22. The fourth-order valence-corrected chi connectivity index (χ4v) is 2.55.